The van der Waals surface area contributed by atoms with E-state index in [2.05, 4.69) is 37.2 Å². The van der Waals surface area contributed by atoms with Crippen LogP contribution in [-0.2, 0) is 25.6 Å². The number of carboxylic acid groups (broad SMARTS) is 2. The van der Waals surface area contributed by atoms with E-state index in [1.54, 1.807) is 0 Å². The van der Waals surface area contributed by atoms with Crippen molar-refractivity contribution in [3.05, 3.63) is 18.7 Å². The van der Waals surface area contributed by atoms with Crippen molar-refractivity contribution in [1.29, 1.82) is 0 Å². The molecular formula is C24H44N2O6. The third-order valence-corrected chi connectivity index (χ3v) is 4.71. The first-order chi connectivity index (χ1) is 15.2. The van der Waals surface area contributed by atoms with E-state index in [4.69, 9.17) is 29.3 Å². The molecule has 1 aromatic rings. The zero-order chi connectivity index (χ0) is 24.2. The number of rotatable bonds is 16. The van der Waals surface area contributed by atoms with E-state index in [9.17, 15) is 0 Å². The first-order valence-electron chi connectivity index (χ1n) is 11.8. The topological polar surface area (TPSA) is 111 Å². The molecule has 0 amide bonds. The molecule has 0 saturated carbocycles. The molecular weight excluding hydrogens is 412 g/mol. The quantitative estimate of drug-likeness (QED) is 0.261. The van der Waals surface area contributed by atoms with Crippen LogP contribution in [0.4, 0.5) is 0 Å². The van der Waals surface area contributed by atoms with E-state index in [1.165, 1.54) is 57.8 Å². The average Bonchev–Trinajstić information content (AvgIpc) is 3.23. The first-order valence-corrected chi connectivity index (χ1v) is 11.8. The summed E-state index contributed by atoms with van der Waals surface area (Å²) in [5, 5.41) is 14.8. The van der Waals surface area contributed by atoms with Gasteiger partial charge in [-0.25, -0.2) is 14.6 Å². The minimum absolute atomic E-state index is 0.0852. The van der Waals surface area contributed by atoms with Gasteiger partial charge in [-0.2, -0.15) is 0 Å². The monoisotopic (exact) mass is 456 g/mol. The van der Waals surface area contributed by atoms with E-state index in [-0.39, 0.29) is 11.7 Å². The molecule has 8 nitrogen and oxygen atoms in total. The molecule has 1 rings (SSSR count). The SMILES string of the molecule is CCCCCCCCCCCCOC(COC(C)(C)C)Cn1ccnc1.O=C(O)C(=O)O. The lowest BCUT2D eigenvalue weighted by atomic mass is 10.1. The number of imidazole rings is 1. The van der Waals surface area contributed by atoms with Crippen LogP contribution in [0.3, 0.4) is 0 Å². The highest BCUT2D eigenvalue weighted by Crippen LogP contribution is 2.12. The predicted molar refractivity (Wildman–Crippen MR) is 125 cm³/mol. The molecule has 2 N–H and O–H groups in total. The van der Waals surface area contributed by atoms with Crippen LogP contribution in [0.15, 0.2) is 18.7 Å². The van der Waals surface area contributed by atoms with Crippen LogP contribution in [0, 0.1) is 0 Å². The molecule has 0 aliphatic carbocycles. The minimum atomic E-state index is -1.82. The Balaban J connectivity index is 0.00000140. The van der Waals surface area contributed by atoms with Crippen molar-refractivity contribution in [2.75, 3.05) is 13.2 Å². The van der Waals surface area contributed by atoms with Gasteiger partial charge in [0.2, 0.25) is 0 Å². The predicted octanol–water partition coefficient (Wildman–Crippen LogP) is 5.16. The molecule has 0 radical (unpaired) electrons. The van der Waals surface area contributed by atoms with E-state index in [0.717, 1.165) is 19.6 Å². The van der Waals surface area contributed by atoms with E-state index in [0.29, 0.717) is 6.61 Å². The fraction of sp³-hybridized carbons (Fsp3) is 0.792. The molecule has 1 unspecified atom stereocenters. The van der Waals surface area contributed by atoms with Gasteiger partial charge in [-0.3, -0.25) is 0 Å². The number of aromatic nitrogens is 2. The molecule has 0 aliphatic heterocycles. The summed E-state index contributed by atoms with van der Waals surface area (Å²) in [6.45, 7) is 10.8. The smallest absolute Gasteiger partial charge is 0.414 e. The second kappa shape index (κ2) is 18.6. The Hall–Kier alpha value is -1.93. The van der Waals surface area contributed by atoms with Gasteiger partial charge in [-0.15, -0.1) is 0 Å². The summed E-state index contributed by atoms with van der Waals surface area (Å²) in [7, 11) is 0. The summed E-state index contributed by atoms with van der Waals surface area (Å²) in [6.07, 6.45) is 19.2. The van der Waals surface area contributed by atoms with Gasteiger partial charge in [0.05, 0.1) is 31.2 Å². The van der Waals surface area contributed by atoms with Crippen LogP contribution >= 0.6 is 0 Å². The first kappa shape index (κ1) is 30.1. The number of aliphatic carboxylic acids is 2. The summed E-state index contributed by atoms with van der Waals surface area (Å²) in [4.78, 5) is 22.3. The number of carboxylic acids is 2. The van der Waals surface area contributed by atoms with Gasteiger partial charge in [0.15, 0.2) is 0 Å². The van der Waals surface area contributed by atoms with Gasteiger partial charge in [0.1, 0.15) is 0 Å². The molecule has 32 heavy (non-hydrogen) atoms. The standard InChI is InChI=1S/C22H42N2O2.C2H2O4/c1-5-6-7-8-9-10-11-12-13-14-17-25-21(19-26-22(2,3)4)18-24-16-15-23-20-24;3-1(4)2(5)6/h15-16,20-21H,5-14,17-19H2,1-4H3;(H,3,4)(H,5,6). The van der Waals surface area contributed by atoms with Gasteiger partial charge >= 0.3 is 11.9 Å². The van der Waals surface area contributed by atoms with Crippen LogP contribution in [0.1, 0.15) is 91.9 Å². The molecule has 0 spiro atoms. The Morgan fingerprint density at radius 1 is 0.938 bits per heavy atom. The number of ether oxygens (including phenoxy) is 2. The summed E-state index contributed by atoms with van der Waals surface area (Å²) >= 11 is 0. The Bertz CT molecular complexity index is 572. The summed E-state index contributed by atoms with van der Waals surface area (Å²) in [5.74, 6) is -3.65. The lowest BCUT2D eigenvalue weighted by Gasteiger charge is -2.25. The number of unbranched alkanes of at least 4 members (excludes halogenated alkanes) is 9. The molecule has 0 aromatic carbocycles. The Labute approximate surface area is 193 Å². The van der Waals surface area contributed by atoms with Crippen molar-refractivity contribution in [2.45, 2.75) is 110 Å². The Morgan fingerprint density at radius 3 is 1.91 bits per heavy atom. The molecule has 0 fully saturated rings. The molecule has 8 heteroatoms. The minimum Gasteiger partial charge on any atom is -0.473 e. The van der Waals surface area contributed by atoms with Crippen molar-refractivity contribution < 1.29 is 29.3 Å². The van der Waals surface area contributed by atoms with E-state index >= 15 is 0 Å². The van der Waals surface area contributed by atoms with Crippen molar-refractivity contribution in [3.8, 4) is 0 Å². The Morgan fingerprint density at radius 2 is 1.47 bits per heavy atom. The zero-order valence-electron chi connectivity index (χ0n) is 20.4. The largest absolute Gasteiger partial charge is 0.473 e. The van der Waals surface area contributed by atoms with Gasteiger partial charge in [0, 0.05) is 19.0 Å². The average molecular weight is 457 g/mol. The highest BCUT2D eigenvalue weighted by molar-refractivity contribution is 6.27. The van der Waals surface area contributed by atoms with Crippen LogP contribution < -0.4 is 0 Å². The molecule has 186 valence electrons. The molecule has 0 aliphatic rings. The molecule has 1 aromatic heterocycles. The van der Waals surface area contributed by atoms with E-state index < -0.39 is 11.9 Å². The Kier molecular flexibility index (Phi) is 17.5. The number of carbonyl (C=O) groups is 2. The summed E-state index contributed by atoms with van der Waals surface area (Å²) < 4.78 is 14.1. The number of hydrogen-bond donors (Lipinski definition) is 2. The van der Waals surface area contributed by atoms with Gasteiger partial charge < -0.3 is 24.3 Å². The van der Waals surface area contributed by atoms with Gasteiger partial charge in [-0.1, -0.05) is 64.7 Å². The van der Waals surface area contributed by atoms with Crippen molar-refractivity contribution in [3.63, 3.8) is 0 Å². The van der Waals surface area contributed by atoms with Gasteiger partial charge in [0.25, 0.3) is 0 Å². The lowest BCUT2D eigenvalue weighted by molar-refractivity contribution is -0.159. The fourth-order valence-corrected chi connectivity index (χ4v) is 2.97. The summed E-state index contributed by atoms with van der Waals surface area (Å²) in [6, 6.07) is 0. The second-order valence-corrected chi connectivity index (χ2v) is 8.97. The highest BCUT2D eigenvalue weighted by Gasteiger charge is 2.16. The number of hydrogen-bond acceptors (Lipinski definition) is 5. The molecule has 0 bridgehead atoms. The molecule has 1 heterocycles. The van der Waals surface area contributed by atoms with Gasteiger partial charge in [-0.05, 0) is 27.2 Å². The third-order valence-electron chi connectivity index (χ3n) is 4.71. The number of nitrogens with zero attached hydrogens (tertiary/aromatic N) is 2. The lowest BCUT2D eigenvalue weighted by Crippen LogP contribution is -2.31. The van der Waals surface area contributed by atoms with Crippen molar-refractivity contribution >= 4 is 11.9 Å². The summed E-state index contributed by atoms with van der Waals surface area (Å²) in [5.41, 5.74) is -0.131. The van der Waals surface area contributed by atoms with Crippen LogP contribution in [0.5, 0.6) is 0 Å². The second-order valence-electron chi connectivity index (χ2n) is 8.97. The molecule has 0 saturated heterocycles. The van der Waals surface area contributed by atoms with Crippen molar-refractivity contribution in [2.24, 2.45) is 0 Å². The normalized spacial score (nSPS) is 12.1. The fourth-order valence-electron chi connectivity index (χ4n) is 2.97. The maximum Gasteiger partial charge on any atom is 0.414 e. The van der Waals surface area contributed by atoms with Crippen LogP contribution in [0.2, 0.25) is 0 Å². The zero-order valence-corrected chi connectivity index (χ0v) is 20.4. The maximum absolute atomic E-state index is 9.10. The van der Waals surface area contributed by atoms with Crippen LogP contribution in [-0.4, -0.2) is 56.6 Å². The van der Waals surface area contributed by atoms with E-state index in [1.807, 2.05) is 18.7 Å². The van der Waals surface area contributed by atoms with Crippen LogP contribution in [0.25, 0.3) is 0 Å². The third kappa shape index (κ3) is 20.0. The van der Waals surface area contributed by atoms with Crippen molar-refractivity contribution in [1.82, 2.24) is 9.55 Å². The highest BCUT2D eigenvalue weighted by atomic mass is 16.5. The maximum atomic E-state index is 9.10. The molecule has 1 atom stereocenters.